The summed E-state index contributed by atoms with van der Waals surface area (Å²) in [5.74, 6) is -0.330. The molecule has 25 heavy (non-hydrogen) atoms. The molecule has 0 heterocycles. The second-order valence-electron chi connectivity index (χ2n) is 5.54. The number of aliphatic carboxylic acids is 1. The van der Waals surface area contributed by atoms with Crippen molar-refractivity contribution in [3.63, 3.8) is 0 Å². The van der Waals surface area contributed by atoms with Gasteiger partial charge in [-0.2, -0.15) is 0 Å². The lowest BCUT2D eigenvalue weighted by Gasteiger charge is -1.92. The molecule has 0 aliphatic heterocycles. The third-order valence-corrected chi connectivity index (χ3v) is 3.23. The highest BCUT2D eigenvalue weighted by molar-refractivity contribution is 5.66. The van der Waals surface area contributed by atoms with Crippen LogP contribution in [-0.4, -0.2) is 16.2 Å². The topological polar surface area (TPSA) is 57.5 Å². The number of hydrogen-bond acceptors (Lipinski definition) is 2. The highest BCUT2D eigenvalue weighted by atomic mass is 16.4. The first-order chi connectivity index (χ1) is 12.2. The van der Waals surface area contributed by atoms with Crippen LogP contribution in [-0.2, 0) is 4.79 Å². The van der Waals surface area contributed by atoms with Gasteiger partial charge >= 0.3 is 5.97 Å². The minimum Gasteiger partial charge on any atom is -0.512 e. The van der Waals surface area contributed by atoms with Crippen molar-refractivity contribution in [1.29, 1.82) is 0 Å². The molecule has 0 rings (SSSR count). The smallest absolute Gasteiger partial charge is 0.303 e. The monoisotopic (exact) mass is 344 g/mol. The maximum Gasteiger partial charge on any atom is 0.303 e. The Hall–Kier alpha value is -2.29. The Morgan fingerprint density at radius 3 is 1.76 bits per heavy atom. The quantitative estimate of drug-likeness (QED) is 0.282. The van der Waals surface area contributed by atoms with Gasteiger partial charge in [0, 0.05) is 12.8 Å². The third kappa shape index (κ3) is 19.7. The first-order valence-electron chi connectivity index (χ1n) is 9.01. The van der Waals surface area contributed by atoms with Crippen LogP contribution in [0.4, 0.5) is 0 Å². The number of aliphatic hydroxyl groups excluding tert-OH is 1. The van der Waals surface area contributed by atoms with Crippen LogP contribution < -0.4 is 0 Å². The summed E-state index contributed by atoms with van der Waals surface area (Å²) in [6.45, 7) is 2.07. The van der Waals surface area contributed by atoms with Crippen LogP contribution in [0.5, 0.6) is 0 Å². The van der Waals surface area contributed by atoms with E-state index in [0.717, 1.165) is 32.1 Å². The van der Waals surface area contributed by atoms with E-state index in [0.29, 0.717) is 18.6 Å². The van der Waals surface area contributed by atoms with E-state index >= 15 is 0 Å². The van der Waals surface area contributed by atoms with Crippen LogP contribution in [0.15, 0.2) is 72.6 Å². The molecule has 0 saturated carbocycles. The van der Waals surface area contributed by atoms with Crippen LogP contribution in [0.25, 0.3) is 0 Å². The van der Waals surface area contributed by atoms with Crippen molar-refractivity contribution in [3.05, 3.63) is 72.6 Å². The molecule has 3 heteroatoms. The Morgan fingerprint density at radius 2 is 1.24 bits per heavy atom. The van der Waals surface area contributed by atoms with Crippen molar-refractivity contribution in [1.82, 2.24) is 0 Å². The summed E-state index contributed by atoms with van der Waals surface area (Å²) in [6.07, 6.45) is 28.2. The predicted molar refractivity (Wildman–Crippen MR) is 107 cm³/mol. The van der Waals surface area contributed by atoms with Gasteiger partial charge in [-0.25, -0.2) is 0 Å². The fourth-order valence-corrected chi connectivity index (χ4v) is 1.89. The highest BCUT2D eigenvalue weighted by Crippen LogP contribution is 2.02. The van der Waals surface area contributed by atoms with Crippen molar-refractivity contribution >= 4 is 5.97 Å². The van der Waals surface area contributed by atoms with E-state index in [-0.39, 0.29) is 6.42 Å². The average Bonchev–Trinajstić information content (AvgIpc) is 2.58. The minimum absolute atomic E-state index is 0.196. The van der Waals surface area contributed by atoms with Gasteiger partial charge in [0.05, 0.1) is 5.76 Å². The molecule has 0 bridgehead atoms. The van der Waals surface area contributed by atoms with Crippen molar-refractivity contribution in [3.8, 4) is 0 Å². The highest BCUT2D eigenvalue weighted by Gasteiger charge is 1.90. The van der Waals surface area contributed by atoms with Gasteiger partial charge in [-0.1, -0.05) is 67.7 Å². The number of carboxylic acids is 1. The Kier molecular flexibility index (Phi) is 16.4. The van der Waals surface area contributed by atoms with Crippen LogP contribution in [0, 0.1) is 0 Å². The zero-order chi connectivity index (χ0) is 18.6. The standard InChI is InChI=1S/C22H32O3/c1-2-3-15-18-21(23)19-16-13-11-9-7-5-4-6-8-10-12-14-17-20-22(24)25/h3,5-8,11-15,19,23H,2,4,9-10,16-18,20H2,1H3,(H,24,25)/b7-5-,8-6-,13-11-,14-12-,15-3-,21-19-. The molecule has 0 atom stereocenters. The van der Waals surface area contributed by atoms with Crippen molar-refractivity contribution in [2.24, 2.45) is 0 Å². The largest absolute Gasteiger partial charge is 0.512 e. The Bertz CT molecular complexity index is 505. The third-order valence-electron chi connectivity index (χ3n) is 3.23. The van der Waals surface area contributed by atoms with E-state index in [1.54, 1.807) is 0 Å². The number of hydrogen-bond donors (Lipinski definition) is 2. The number of carboxylic acid groups (broad SMARTS) is 1. The fraction of sp³-hybridized carbons (Fsp3) is 0.409. The molecule has 2 N–H and O–H groups in total. The number of aliphatic hydroxyl groups is 1. The number of allylic oxidation sites excluding steroid dienone is 11. The summed E-state index contributed by atoms with van der Waals surface area (Å²) in [7, 11) is 0. The van der Waals surface area contributed by atoms with Crippen LogP contribution >= 0.6 is 0 Å². The lowest BCUT2D eigenvalue weighted by molar-refractivity contribution is -0.136. The number of rotatable bonds is 14. The molecule has 138 valence electrons. The van der Waals surface area contributed by atoms with Gasteiger partial charge in [-0.05, 0) is 44.6 Å². The van der Waals surface area contributed by atoms with Crippen LogP contribution in [0.2, 0.25) is 0 Å². The van der Waals surface area contributed by atoms with Gasteiger partial charge in [0.1, 0.15) is 0 Å². The molecule has 0 aromatic carbocycles. The van der Waals surface area contributed by atoms with Gasteiger partial charge in [0.2, 0.25) is 0 Å². The Balaban J connectivity index is 3.65. The second-order valence-corrected chi connectivity index (χ2v) is 5.54. The molecule has 0 radical (unpaired) electrons. The summed E-state index contributed by atoms with van der Waals surface area (Å²) in [5, 5.41) is 18.1. The van der Waals surface area contributed by atoms with Crippen molar-refractivity contribution in [2.45, 2.75) is 58.3 Å². The summed E-state index contributed by atoms with van der Waals surface area (Å²) in [6, 6.07) is 0. The molecule has 0 aliphatic rings. The van der Waals surface area contributed by atoms with E-state index < -0.39 is 5.97 Å². The van der Waals surface area contributed by atoms with Crippen molar-refractivity contribution < 1.29 is 15.0 Å². The van der Waals surface area contributed by atoms with E-state index in [1.165, 1.54) is 0 Å². The van der Waals surface area contributed by atoms with E-state index in [4.69, 9.17) is 5.11 Å². The molecule has 0 spiro atoms. The zero-order valence-corrected chi connectivity index (χ0v) is 15.3. The fourth-order valence-electron chi connectivity index (χ4n) is 1.89. The van der Waals surface area contributed by atoms with Crippen LogP contribution in [0.1, 0.15) is 58.3 Å². The first-order valence-corrected chi connectivity index (χ1v) is 9.01. The number of carbonyl (C=O) groups is 1. The normalized spacial score (nSPS) is 13.4. The SMILES string of the molecule is CC/C=C\C/C(O)=C/C/C=C\C/C=C\C/C=C\C/C=C\CCC(=O)O. The molecule has 0 saturated heterocycles. The lowest BCUT2D eigenvalue weighted by Crippen LogP contribution is -1.91. The maximum absolute atomic E-state index is 10.3. The molecular weight excluding hydrogens is 312 g/mol. The summed E-state index contributed by atoms with van der Waals surface area (Å²) in [5.41, 5.74) is 0. The van der Waals surface area contributed by atoms with E-state index in [2.05, 4.69) is 49.5 Å². The van der Waals surface area contributed by atoms with E-state index in [1.807, 2.05) is 24.3 Å². The average molecular weight is 344 g/mol. The first kappa shape index (κ1) is 22.7. The molecule has 0 fully saturated rings. The van der Waals surface area contributed by atoms with Crippen LogP contribution in [0.3, 0.4) is 0 Å². The second kappa shape index (κ2) is 18.1. The molecule has 0 unspecified atom stereocenters. The van der Waals surface area contributed by atoms with E-state index in [9.17, 15) is 9.90 Å². The molecule has 0 amide bonds. The molecular formula is C22H32O3. The summed E-state index contributed by atoms with van der Waals surface area (Å²) >= 11 is 0. The van der Waals surface area contributed by atoms with Gasteiger partial charge in [-0.3, -0.25) is 4.79 Å². The molecule has 3 nitrogen and oxygen atoms in total. The molecule has 0 aromatic rings. The summed E-state index contributed by atoms with van der Waals surface area (Å²) < 4.78 is 0. The van der Waals surface area contributed by atoms with Gasteiger partial charge in [-0.15, -0.1) is 0 Å². The molecule has 0 aromatic heterocycles. The predicted octanol–water partition coefficient (Wildman–Crippen LogP) is 6.43. The van der Waals surface area contributed by atoms with Gasteiger partial charge in [0.15, 0.2) is 0 Å². The Labute approximate surface area is 152 Å². The van der Waals surface area contributed by atoms with Gasteiger partial charge in [0.25, 0.3) is 0 Å². The zero-order valence-electron chi connectivity index (χ0n) is 15.3. The van der Waals surface area contributed by atoms with Crippen molar-refractivity contribution in [2.75, 3.05) is 0 Å². The minimum atomic E-state index is -0.753. The maximum atomic E-state index is 10.3. The van der Waals surface area contributed by atoms with Gasteiger partial charge < -0.3 is 10.2 Å². The molecule has 0 aliphatic carbocycles. The summed E-state index contributed by atoms with van der Waals surface area (Å²) in [4.78, 5) is 10.3. The lowest BCUT2D eigenvalue weighted by atomic mass is 10.2. The Morgan fingerprint density at radius 1 is 0.720 bits per heavy atom.